The van der Waals surface area contributed by atoms with Crippen molar-refractivity contribution in [3.05, 3.63) is 33.9 Å². The van der Waals surface area contributed by atoms with Crippen molar-refractivity contribution < 1.29 is 9.66 Å². The summed E-state index contributed by atoms with van der Waals surface area (Å²) in [6.07, 6.45) is 5.08. The molecule has 0 saturated heterocycles. The normalized spacial score (nSPS) is 22.5. The molecule has 1 aromatic carbocycles. The van der Waals surface area contributed by atoms with Crippen molar-refractivity contribution >= 4 is 11.4 Å². The molecule has 2 unspecified atom stereocenters. The van der Waals surface area contributed by atoms with Crippen LogP contribution >= 0.6 is 0 Å². The van der Waals surface area contributed by atoms with Gasteiger partial charge in [0.25, 0.3) is 5.69 Å². The second-order valence-electron chi connectivity index (χ2n) is 5.36. The number of rotatable bonds is 5. The van der Waals surface area contributed by atoms with Crippen LogP contribution in [0.25, 0.3) is 0 Å². The molecule has 0 aliphatic heterocycles. The highest BCUT2D eigenvalue weighted by Crippen LogP contribution is 2.28. The molecule has 1 saturated carbocycles. The standard InChI is InChI=1S/C14H21N3O3/c1-10-4-2-3-5-14(10)20-9-11-6-7-13(17(18)19)12(8-11)16-15/h6-8,10,14,16H,2-5,9,15H2,1H3. The van der Waals surface area contributed by atoms with E-state index in [0.717, 1.165) is 12.0 Å². The highest BCUT2D eigenvalue weighted by atomic mass is 16.6. The summed E-state index contributed by atoms with van der Waals surface area (Å²) >= 11 is 0. The summed E-state index contributed by atoms with van der Waals surface area (Å²) in [4.78, 5) is 10.4. The van der Waals surface area contributed by atoms with Gasteiger partial charge < -0.3 is 10.2 Å². The van der Waals surface area contributed by atoms with Gasteiger partial charge >= 0.3 is 0 Å². The van der Waals surface area contributed by atoms with E-state index in [1.807, 2.05) is 0 Å². The van der Waals surface area contributed by atoms with Crippen LogP contribution in [0.2, 0.25) is 0 Å². The van der Waals surface area contributed by atoms with E-state index in [1.165, 1.54) is 25.3 Å². The van der Waals surface area contributed by atoms with E-state index < -0.39 is 4.92 Å². The summed E-state index contributed by atoms with van der Waals surface area (Å²) in [7, 11) is 0. The largest absolute Gasteiger partial charge is 0.373 e. The lowest BCUT2D eigenvalue weighted by Crippen LogP contribution is -2.25. The first-order valence-corrected chi connectivity index (χ1v) is 6.97. The number of benzene rings is 1. The number of nitrogens with zero attached hydrogens (tertiary/aromatic N) is 1. The number of hydrazine groups is 1. The molecule has 0 amide bonds. The van der Waals surface area contributed by atoms with E-state index in [-0.39, 0.29) is 11.8 Å². The van der Waals surface area contributed by atoms with Crippen LogP contribution in [0.5, 0.6) is 0 Å². The van der Waals surface area contributed by atoms with Crippen molar-refractivity contribution in [2.75, 3.05) is 5.43 Å². The summed E-state index contributed by atoms with van der Waals surface area (Å²) in [6, 6.07) is 4.84. The molecular formula is C14H21N3O3. The van der Waals surface area contributed by atoms with Gasteiger partial charge in [0.15, 0.2) is 0 Å². The predicted octanol–water partition coefficient (Wildman–Crippen LogP) is 2.98. The van der Waals surface area contributed by atoms with Gasteiger partial charge in [-0.25, -0.2) is 0 Å². The molecule has 1 aromatic rings. The van der Waals surface area contributed by atoms with Crippen LogP contribution < -0.4 is 11.3 Å². The fraction of sp³-hybridized carbons (Fsp3) is 0.571. The second kappa shape index (κ2) is 6.67. The molecule has 2 atom stereocenters. The smallest absolute Gasteiger partial charge is 0.293 e. The van der Waals surface area contributed by atoms with E-state index in [2.05, 4.69) is 12.3 Å². The summed E-state index contributed by atoms with van der Waals surface area (Å²) in [5.41, 5.74) is 3.54. The zero-order chi connectivity index (χ0) is 14.5. The minimum absolute atomic E-state index is 0.0257. The van der Waals surface area contributed by atoms with Crippen LogP contribution in [0, 0.1) is 16.0 Å². The Bertz CT molecular complexity index is 479. The Labute approximate surface area is 118 Å². The SMILES string of the molecule is CC1CCCCC1OCc1ccc([N+](=O)[O-])c(NN)c1. The first-order chi connectivity index (χ1) is 9.61. The minimum atomic E-state index is -0.455. The molecule has 2 rings (SSSR count). The number of ether oxygens (including phenoxy) is 1. The third-order valence-electron chi connectivity index (χ3n) is 3.91. The molecule has 1 aliphatic rings. The number of hydrogen-bond acceptors (Lipinski definition) is 5. The van der Waals surface area contributed by atoms with Crippen molar-refractivity contribution in [3.63, 3.8) is 0 Å². The molecule has 0 aromatic heterocycles. The number of nitrogen functional groups attached to an aromatic ring is 1. The number of nitrogens with two attached hydrogens (primary N) is 1. The average molecular weight is 279 g/mol. The maximum Gasteiger partial charge on any atom is 0.293 e. The number of nitro groups is 1. The Balaban J connectivity index is 2.01. The highest BCUT2D eigenvalue weighted by molar-refractivity contribution is 5.61. The van der Waals surface area contributed by atoms with E-state index in [0.29, 0.717) is 18.2 Å². The van der Waals surface area contributed by atoms with E-state index in [1.54, 1.807) is 12.1 Å². The molecule has 0 heterocycles. The molecule has 3 N–H and O–H groups in total. The van der Waals surface area contributed by atoms with Crippen molar-refractivity contribution in [2.24, 2.45) is 11.8 Å². The maximum absolute atomic E-state index is 10.8. The monoisotopic (exact) mass is 279 g/mol. The van der Waals surface area contributed by atoms with Crippen molar-refractivity contribution in [1.82, 2.24) is 0 Å². The number of anilines is 1. The molecule has 0 spiro atoms. The van der Waals surface area contributed by atoms with Gasteiger partial charge in [0.2, 0.25) is 0 Å². The van der Waals surface area contributed by atoms with Crippen LogP contribution in [-0.4, -0.2) is 11.0 Å². The van der Waals surface area contributed by atoms with Gasteiger partial charge in [-0.3, -0.25) is 16.0 Å². The lowest BCUT2D eigenvalue weighted by Gasteiger charge is -2.28. The van der Waals surface area contributed by atoms with Gasteiger partial charge in [-0.2, -0.15) is 0 Å². The summed E-state index contributed by atoms with van der Waals surface area (Å²) in [5.74, 6) is 5.90. The molecular weight excluding hydrogens is 258 g/mol. The van der Waals surface area contributed by atoms with Crippen LogP contribution in [0.3, 0.4) is 0 Å². The zero-order valence-electron chi connectivity index (χ0n) is 11.7. The molecule has 6 heteroatoms. The maximum atomic E-state index is 10.8. The first-order valence-electron chi connectivity index (χ1n) is 6.97. The minimum Gasteiger partial charge on any atom is -0.373 e. The number of nitrogens with one attached hydrogen (secondary N) is 1. The fourth-order valence-corrected chi connectivity index (χ4v) is 2.68. The van der Waals surface area contributed by atoms with Crippen LogP contribution in [-0.2, 0) is 11.3 Å². The topological polar surface area (TPSA) is 90.4 Å². The summed E-state index contributed by atoms with van der Waals surface area (Å²) in [6.45, 7) is 2.67. The Morgan fingerprint density at radius 3 is 2.85 bits per heavy atom. The van der Waals surface area contributed by atoms with Gasteiger partial charge in [0.05, 0.1) is 17.6 Å². The van der Waals surface area contributed by atoms with Crippen molar-refractivity contribution in [2.45, 2.75) is 45.3 Å². The van der Waals surface area contributed by atoms with Crippen LogP contribution in [0.1, 0.15) is 38.2 Å². The second-order valence-corrected chi connectivity index (χ2v) is 5.36. The molecule has 110 valence electrons. The highest BCUT2D eigenvalue weighted by Gasteiger charge is 2.22. The number of nitro benzene ring substituents is 1. The summed E-state index contributed by atoms with van der Waals surface area (Å²) in [5, 5.41) is 10.8. The van der Waals surface area contributed by atoms with Gasteiger partial charge in [-0.15, -0.1) is 0 Å². The lowest BCUT2D eigenvalue weighted by molar-refractivity contribution is -0.384. The van der Waals surface area contributed by atoms with E-state index in [9.17, 15) is 10.1 Å². The number of hydrogen-bond donors (Lipinski definition) is 2. The Morgan fingerprint density at radius 2 is 2.20 bits per heavy atom. The van der Waals surface area contributed by atoms with Gasteiger partial charge in [0.1, 0.15) is 5.69 Å². The lowest BCUT2D eigenvalue weighted by atomic mass is 9.88. The van der Waals surface area contributed by atoms with E-state index >= 15 is 0 Å². The van der Waals surface area contributed by atoms with Crippen molar-refractivity contribution in [3.8, 4) is 0 Å². The Hall–Kier alpha value is -1.66. The van der Waals surface area contributed by atoms with E-state index in [4.69, 9.17) is 10.6 Å². The molecule has 1 aliphatic carbocycles. The summed E-state index contributed by atoms with van der Waals surface area (Å²) < 4.78 is 5.94. The molecule has 0 radical (unpaired) electrons. The molecule has 1 fully saturated rings. The van der Waals surface area contributed by atoms with Gasteiger partial charge in [-0.05, 0) is 36.5 Å². The van der Waals surface area contributed by atoms with Gasteiger partial charge in [0, 0.05) is 6.07 Å². The zero-order valence-corrected chi connectivity index (χ0v) is 11.7. The van der Waals surface area contributed by atoms with Crippen LogP contribution in [0.15, 0.2) is 18.2 Å². The Morgan fingerprint density at radius 1 is 1.45 bits per heavy atom. The molecule has 0 bridgehead atoms. The molecule has 20 heavy (non-hydrogen) atoms. The first kappa shape index (κ1) is 14.7. The predicted molar refractivity (Wildman–Crippen MR) is 77.1 cm³/mol. The quantitative estimate of drug-likeness (QED) is 0.491. The molecule has 6 nitrogen and oxygen atoms in total. The third kappa shape index (κ3) is 3.46. The third-order valence-corrected chi connectivity index (χ3v) is 3.91. The average Bonchev–Trinajstić information content (AvgIpc) is 2.46. The Kier molecular flexibility index (Phi) is 4.92. The fourth-order valence-electron chi connectivity index (χ4n) is 2.68. The van der Waals surface area contributed by atoms with Crippen LogP contribution in [0.4, 0.5) is 11.4 Å². The van der Waals surface area contributed by atoms with Crippen molar-refractivity contribution in [1.29, 1.82) is 0 Å². The van der Waals surface area contributed by atoms with Gasteiger partial charge in [-0.1, -0.05) is 19.8 Å².